The topological polar surface area (TPSA) is 124 Å². The number of thioether (sulfide) groups is 1. The van der Waals surface area contributed by atoms with Crippen LogP contribution in [-0.4, -0.2) is 51.8 Å². The first kappa shape index (κ1) is 20.3. The second-order valence-corrected chi connectivity index (χ2v) is 11.3. The van der Waals surface area contributed by atoms with Gasteiger partial charge >= 0.3 is 6.09 Å². The number of rotatable bonds is 4. The minimum atomic E-state index is -4.12. The average molecular weight is 410 g/mol. The maximum absolute atomic E-state index is 12.5. The molecule has 0 bridgehead atoms. The lowest BCUT2D eigenvalue weighted by molar-refractivity contribution is 0.0824. The van der Waals surface area contributed by atoms with Crippen LogP contribution in [0.2, 0.25) is 0 Å². The largest absolute Gasteiger partial charge is 0.446 e. The molecular formula is C14H21N2O6S3. The lowest BCUT2D eigenvalue weighted by Gasteiger charge is -2.32. The molecule has 1 radical (unpaired) electrons. The Morgan fingerprint density at radius 2 is 2.16 bits per heavy atom. The van der Waals surface area contributed by atoms with E-state index in [1.165, 1.54) is 11.0 Å². The molecule has 1 unspecified atom stereocenters. The molecule has 2 heterocycles. The van der Waals surface area contributed by atoms with E-state index in [2.05, 4.69) is 6.92 Å². The summed E-state index contributed by atoms with van der Waals surface area (Å²) < 4.78 is 53.4. The van der Waals surface area contributed by atoms with Gasteiger partial charge < -0.3 is 4.74 Å². The monoisotopic (exact) mass is 409 g/mol. The van der Waals surface area contributed by atoms with Crippen molar-refractivity contribution in [3.05, 3.63) is 27.0 Å². The Morgan fingerprint density at radius 3 is 2.64 bits per heavy atom. The molecule has 2 aliphatic heterocycles. The molecule has 2 aliphatic rings. The van der Waals surface area contributed by atoms with E-state index in [0.29, 0.717) is 17.3 Å². The van der Waals surface area contributed by atoms with Crippen LogP contribution < -0.4 is 5.14 Å². The standard InChI is InChI=1S/C14H21N2O6S3/c1-5-16(14(17)22-8(2)3)11-7-12(25(15,20)21)23-13-10(11)6-9(4)24(13,18)19/h7-9,11H,2,5-6H2,1,3-4H3,(H2,15,20,21)/t8?,9-,11-/m0/s1. The molecule has 2 rings (SSSR count). The predicted molar refractivity (Wildman–Crippen MR) is 96.3 cm³/mol. The molecule has 0 aromatic heterocycles. The Bertz CT molecular complexity index is 842. The smallest absolute Gasteiger partial charge is 0.410 e. The predicted octanol–water partition coefficient (Wildman–Crippen LogP) is 1.33. The van der Waals surface area contributed by atoms with Gasteiger partial charge in [-0.05, 0) is 45.8 Å². The Balaban J connectivity index is 2.56. The van der Waals surface area contributed by atoms with Gasteiger partial charge in [0.05, 0.1) is 11.3 Å². The van der Waals surface area contributed by atoms with Crippen molar-refractivity contribution < 1.29 is 26.4 Å². The first-order chi connectivity index (χ1) is 11.4. The van der Waals surface area contributed by atoms with Crippen LogP contribution in [-0.2, 0) is 24.6 Å². The fraction of sp³-hybridized carbons (Fsp3) is 0.571. The maximum Gasteiger partial charge on any atom is 0.410 e. The summed E-state index contributed by atoms with van der Waals surface area (Å²) in [6, 6.07) is -0.847. The van der Waals surface area contributed by atoms with Gasteiger partial charge in [-0.15, -0.1) is 0 Å². The third kappa shape index (κ3) is 3.88. The van der Waals surface area contributed by atoms with Crippen molar-refractivity contribution in [2.45, 2.75) is 44.6 Å². The number of hydrogen-bond acceptors (Lipinski definition) is 7. The van der Waals surface area contributed by atoms with Crippen molar-refractivity contribution in [3.8, 4) is 0 Å². The molecule has 1 amide bonds. The van der Waals surface area contributed by atoms with Crippen molar-refractivity contribution in [2.24, 2.45) is 5.14 Å². The van der Waals surface area contributed by atoms with Gasteiger partial charge in [-0.25, -0.2) is 26.8 Å². The highest BCUT2D eigenvalue weighted by Crippen LogP contribution is 2.48. The zero-order valence-electron chi connectivity index (χ0n) is 14.1. The highest BCUT2D eigenvalue weighted by atomic mass is 32.3. The number of primary sulfonamides is 1. The molecule has 0 spiro atoms. The summed E-state index contributed by atoms with van der Waals surface area (Å²) in [7, 11) is -7.77. The van der Waals surface area contributed by atoms with Gasteiger partial charge in [0.25, 0.3) is 0 Å². The first-order valence-electron chi connectivity index (χ1n) is 7.59. The normalized spacial score (nSPS) is 25.6. The number of nitrogens with zero attached hydrogens (tertiary/aromatic N) is 1. The van der Waals surface area contributed by atoms with Crippen molar-refractivity contribution in [2.75, 3.05) is 6.54 Å². The Labute approximate surface area is 152 Å². The van der Waals surface area contributed by atoms with Gasteiger partial charge in [0, 0.05) is 6.54 Å². The van der Waals surface area contributed by atoms with Crippen LogP contribution in [0.5, 0.6) is 0 Å². The van der Waals surface area contributed by atoms with E-state index in [4.69, 9.17) is 9.88 Å². The first-order valence-corrected chi connectivity index (χ1v) is 11.5. The van der Waals surface area contributed by atoms with Crippen molar-refractivity contribution in [1.29, 1.82) is 0 Å². The molecular weight excluding hydrogens is 388 g/mol. The maximum atomic E-state index is 12.5. The van der Waals surface area contributed by atoms with Gasteiger partial charge in [-0.1, -0.05) is 11.8 Å². The second kappa shape index (κ2) is 6.93. The number of carbonyl (C=O) groups is 1. The van der Waals surface area contributed by atoms with Crippen molar-refractivity contribution in [3.63, 3.8) is 0 Å². The van der Waals surface area contributed by atoms with Crippen LogP contribution in [0.25, 0.3) is 0 Å². The molecule has 0 aliphatic carbocycles. The van der Waals surface area contributed by atoms with Crippen molar-refractivity contribution in [1.82, 2.24) is 4.90 Å². The quantitative estimate of drug-likeness (QED) is 0.743. The molecule has 11 heteroatoms. The van der Waals surface area contributed by atoms with Gasteiger partial charge in [0.15, 0.2) is 9.84 Å². The van der Waals surface area contributed by atoms with Gasteiger partial charge in [-0.2, -0.15) is 0 Å². The number of ether oxygens (including phenoxy) is 1. The Morgan fingerprint density at radius 1 is 1.56 bits per heavy atom. The molecule has 0 aromatic rings. The Hall–Kier alpha value is -1.04. The SMILES string of the molecule is [CH2]C(C)OC(=O)N(CC)[C@H]1C=C(S(N)(=O)=O)SC2=C1C[C@H](C)S2(=O)=O. The number of hydrogen-bond donors (Lipinski definition) is 1. The summed E-state index contributed by atoms with van der Waals surface area (Å²) in [6.45, 7) is 8.60. The van der Waals surface area contributed by atoms with Crippen LogP contribution in [0.15, 0.2) is 20.1 Å². The number of carbonyl (C=O) groups excluding carboxylic acids is 1. The molecule has 0 fully saturated rings. The van der Waals surface area contributed by atoms with E-state index >= 15 is 0 Å². The van der Waals surface area contributed by atoms with Crippen LogP contribution in [0.1, 0.15) is 27.2 Å². The van der Waals surface area contributed by atoms with E-state index in [-0.39, 0.29) is 21.4 Å². The Kier molecular flexibility index (Phi) is 5.62. The highest BCUT2D eigenvalue weighted by molar-refractivity contribution is 8.27. The summed E-state index contributed by atoms with van der Waals surface area (Å²) in [5.74, 6) is 0. The van der Waals surface area contributed by atoms with E-state index in [0.717, 1.165) is 0 Å². The van der Waals surface area contributed by atoms with E-state index in [1.807, 2.05) is 0 Å². The van der Waals surface area contributed by atoms with Crippen LogP contribution in [0, 0.1) is 6.92 Å². The lowest BCUT2D eigenvalue weighted by Crippen LogP contribution is -2.42. The van der Waals surface area contributed by atoms with Gasteiger partial charge in [-0.3, -0.25) is 4.90 Å². The number of sulfone groups is 1. The molecule has 2 N–H and O–H groups in total. The molecule has 25 heavy (non-hydrogen) atoms. The molecule has 8 nitrogen and oxygen atoms in total. The van der Waals surface area contributed by atoms with E-state index < -0.39 is 43.3 Å². The minimum absolute atomic E-state index is 0.0366. The number of amides is 1. The van der Waals surface area contributed by atoms with Gasteiger partial charge in [0.1, 0.15) is 14.6 Å². The fourth-order valence-corrected chi connectivity index (χ4v) is 7.17. The summed E-state index contributed by atoms with van der Waals surface area (Å²) >= 11 is 0.626. The number of nitrogens with two attached hydrogens (primary N) is 1. The number of sulfonamides is 1. The highest BCUT2D eigenvalue weighted by Gasteiger charge is 2.45. The second-order valence-electron chi connectivity index (χ2n) is 5.93. The molecule has 0 saturated heterocycles. The molecule has 0 aromatic carbocycles. The van der Waals surface area contributed by atoms with Crippen LogP contribution in [0.3, 0.4) is 0 Å². The molecule has 141 valence electrons. The minimum Gasteiger partial charge on any atom is -0.446 e. The van der Waals surface area contributed by atoms with E-state index in [1.54, 1.807) is 20.8 Å². The molecule has 3 atom stereocenters. The zero-order valence-corrected chi connectivity index (χ0v) is 16.6. The third-order valence-corrected chi connectivity index (χ3v) is 9.28. The van der Waals surface area contributed by atoms with E-state index in [9.17, 15) is 21.6 Å². The van der Waals surface area contributed by atoms with Gasteiger partial charge in [0.2, 0.25) is 10.0 Å². The lowest BCUT2D eigenvalue weighted by atomic mass is 10.0. The zero-order chi connectivity index (χ0) is 19.2. The average Bonchev–Trinajstić information content (AvgIpc) is 2.69. The van der Waals surface area contributed by atoms with Crippen LogP contribution >= 0.6 is 11.8 Å². The number of likely N-dealkylation sites (N-methyl/N-ethyl adjacent to an activating group) is 1. The van der Waals surface area contributed by atoms with Crippen molar-refractivity contribution >= 4 is 37.7 Å². The van der Waals surface area contributed by atoms with Crippen LogP contribution in [0.4, 0.5) is 4.79 Å². The summed E-state index contributed by atoms with van der Waals surface area (Å²) in [6.07, 6.45) is 0.217. The summed E-state index contributed by atoms with van der Waals surface area (Å²) in [5, 5.41) is 4.51. The summed E-state index contributed by atoms with van der Waals surface area (Å²) in [5.41, 5.74) is 0.486. The fourth-order valence-electron chi connectivity index (χ4n) is 2.70. The molecule has 0 saturated carbocycles. The summed E-state index contributed by atoms with van der Waals surface area (Å²) in [4.78, 5) is 13.6. The third-order valence-electron chi connectivity index (χ3n) is 3.90.